The Morgan fingerprint density at radius 1 is 1.10 bits per heavy atom. The lowest BCUT2D eigenvalue weighted by Gasteiger charge is -2.25. The maximum atomic E-state index is 13.2. The third-order valence-electron chi connectivity index (χ3n) is 4.92. The Morgan fingerprint density at radius 2 is 1.90 bits per heavy atom. The van der Waals surface area contributed by atoms with E-state index in [-0.39, 0.29) is 11.7 Å². The standard InChI is InChI=1S/C22H21FN4O2/c23-17-8-6-15(7-9-17)16-12-20-19(21(13-16)27-28)14-25-22(26-20)24-10-11-29-18-4-2-1-3-5-18/h1-9,14,16,28H,10-13H2,(H,24,25,26)/b27-21+. The molecule has 148 valence electrons. The Kier molecular flexibility index (Phi) is 5.65. The first-order chi connectivity index (χ1) is 14.2. The number of nitrogens with one attached hydrogen (secondary N) is 1. The highest BCUT2D eigenvalue weighted by molar-refractivity contribution is 6.02. The van der Waals surface area contributed by atoms with Crippen LogP contribution in [0.1, 0.15) is 29.2 Å². The van der Waals surface area contributed by atoms with Crippen molar-refractivity contribution < 1.29 is 14.3 Å². The maximum absolute atomic E-state index is 13.2. The summed E-state index contributed by atoms with van der Waals surface area (Å²) in [5.41, 5.74) is 3.08. The zero-order valence-corrected chi connectivity index (χ0v) is 15.8. The van der Waals surface area contributed by atoms with E-state index in [0.717, 1.165) is 22.6 Å². The molecule has 2 aromatic carbocycles. The molecule has 0 saturated heterocycles. The van der Waals surface area contributed by atoms with Crippen LogP contribution < -0.4 is 10.1 Å². The highest BCUT2D eigenvalue weighted by Crippen LogP contribution is 2.32. The van der Waals surface area contributed by atoms with Gasteiger partial charge in [-0.2, -0.15) is 0 Å². The fourth-order valence-corrected chi connectivity index (χ4v) is 3.46. The van der Waals surface area contributed by atoms with Crippen molar-refractivity contribution in [2.24, 2.45) is 5.16 Å². The van der Waals surface area contributed by atoms with Gasteiger partial charge in [0.1, 0.15) is 18.2 Å². The van der Waals surface area contributed by atoms with Gasteiger partial charge < -0.3 is 15.3 Å². The monoisotopic (exact) mass is 392 g/mol. The zero-order valence-electron chi connectivity index (χ0n) is 15.8. The molecule has 1 unspecified atom stereocenters. The highest BCUT2D eigenvalue weighted by Gasteiger charge is 2.27. The lowest BCUT2D eigenvalue weighted by molar-refractivity contribution is 0.316. The van der Waals surface area contributed by atoms with Crippen LogP contribution in [-0.2, 0) is 6.42 Å². The minimum Gasteiger partial charge on any atom is -0.492 e. The van der Waals surface area contributed by atoms with Crippen molar-refractivity contribution in [1.29, 1.82) is 0 Å². The Bertz CT molecular complexity index is 993. The minimum atomic E-state index is -0.271. The van der Waals surface area contributed by atoms with E-state index in [9.17, 15) is 9.60 Å². The van der Waals surface area contributed by atoms with Gasteiger partial charge in [-0.25, -0.2) is 14.4 Å². The van der Waals surface area contributed by atoms with Crippen molar-refractivity contribution >= 4 is 11.7 Å². The van der Waals surface area contributed by atoms with E-state index in [1.54, 1.807) is 18.3 Å². The summed E-state index contributed by atoms with van der Waals surface area (Å²) < 4.78 is 18.9. The molecular weight excluding hydrogens is 371 g/mol. The molecule has 1 aromatic heterocycles. The lowest BCUT2D eigenvalue weighted by atomic mass is 9.82. The molecule has 0 bridgehead atoms. The summed E-state index contributed by atoms with van der Waals surface area (Å²) >= 11 is 0. The zero-order chi connectivity index (χ0) is 20.1. The maximum Gasteiger partial charge on any atom is 0.223 e. The van der Waals surface area contributed by atoms with Crippen LogP contribution >= 0.6 is 0 Å². The fourth-order valence-electron chi connectivity index (χ4n) is 3.46. The van der Waals surface area contributed by atoms with Crippen LogP contribution in [0.3, 0.4) is 0 Å². The molecule has 7 heteroatoms. The molecule has 0 fully saturated rings. The average molecular weight is 392 g/mol. The molecule has 1 aliphatic rings. The number of para-hydroxylation sites is 1. The molecule has 0 saturated carbocycles. The van der Waals surface area contributed by atoms with Gasteiger partial charge in [-0.3, -0.25) is 0 Å². The minimum absolute atomic E-state index is 0.0677. The number of ether oxygens (including phenoxy) is 1. The van der Waals surface area contributed by atoms with Gasteiger partial charge in [0.2, 0.25) is 5.95 Å². The number of aromatic nitrogens is 2. The molecular formula is C22H21FN4O2. The number of halogens is 1. The Labute approximate surface area is 168 Å². The second kappa shape index (κ2) is 8.68. The van der Waals surface area contributed by atoms with Crippen LogP contribution in [-0.4, -0.2) is 34.0 Å². The number of hydrogen-bond acceptors (Lipinski definition) is 6. The summed E-state index contributed by atoms with van der Waals surface area (Å²) in [5, 5.41) is 16.0. The highest BCUT2D eigenvalue weighted by atomic mass is 19.1. The normalized spacial score (nSPS) is 17.0. The van der Waals surface area contributed by atoms with Crippen molar-refractivity contribution in [2.75, 3.05) is 18.5 Å². The van der Waals surface area contributed by atoms with E-state index < -0.39 is 0 Å². The van der Waals surface area contributed by atoms with Gasteiger partial charge in [0.15, 0.2) is 0 Å². The summed E-state index contributed by atoms with van der Waals surface area (Å²) in [6, 6.07) is 16.0. The summed E-state index contributed by atoms with van der Waals surface area (Å²) in [7, 11) is 0. The predicted molar refractivity (Wildman–Crippen MR) is 108 cm³/mol. The molecule has 6 nitrogen and oxygen atoms in total. The summed E-state index contributed by atoms with van der Waals surface area (Å²) in [5.74, 6) is 1.11. The third kappa shape index (κ3) is 4.51. The number of benzene rings is 2. The van der Waals surface area contributed by atoms with Crippen molar-refractivity contribution in [2.45, 2.75) is 18.8 Å². The topological polar surface area (TPSA) is 79.6 Å². The van der Waals surface area contributed by atoms with Gasteiger partial charge >= 0.3 is 0 Å². The van der Waals surface area contributed by atoms with Gasteiger partial charge in [0.25, 0.3) is 0 Å². The number of rotatable bonds is 6. The van der Waals surface area contributed by atoms with Crippen LogP contribution in [0.15, 0.2) is 65.9 Å². The Morgan fingerprint density at radius 3 is 2.66 bits per heavy atom. The molecule has 0 radical (unpaired) electrons. The van der Waals surface area contributed by atoms with Crippen molar-refractivity contribution in [3.63, 3.8) is 0 Å². The van der Waals surface area contributed by atoms with Gasteiger partial charge in [0, 0.05) is 18.2 Å². The van der Waals surface area contributed by atoms with Crippen LogP contribution in [0.25, 0.3) is 0 Å². The van der Waals surface area contributed by atoms with Crippen molar-refractivity contribution in [3.05, 3.63) is 83.4 Å². The molecule has 29 heavy (non-hydrogen) atoms. The average Bonchev–Trinajstić information content (AvgIpc) is 2.77. The largest absolute Gasteiger partial charge is 0.492 e. The summed E-state index contributed by atoms with van der Waals surface area (Å²) in [6.45, 7) is 1.03. The van der Waals surface area contributed by atoms with Crippen LogP contribution in [0.2, 0.25) is 0 Å². The summed E-state index contributed by atoms with van der Waals surface area (Å²) in [6.07, 6.45) is 2.90. The summed E-state index contributed by atoms with van der Waals surface area (Å²) in [4.78, 5) is 8.93. The predicted octanol–water partition coefficient (Wildman–Crippen LogP) is 4.01. The lowest BCUT2D eigenvalue weighted by Crippen LogP contribution is -2.22. The van der Waals surface area contributed by atoms with E-state index in [4.69, 9.17) is 4.74 Å². The van der Waals surface area contributed by atoms with E-state index in [0.29, 0.717) is 37.7 Å². The second-order valence-electron chi connectivity index (χ2n) is 6.85. The third-order valence-corrected chi connectivity index (χ3v) is 4.92. The smallest absolute Gasteiger partial charge is 0.223 e. The SMILES string of the molecule is O/N=C1\CC(c2ccc(F)cc2)Cc2nc(NCCOc3ccccc3)ncc21. The van der Waals surface area contributed by atoms with Crippen LogP contribution in [0.4, 0.5) is 10.3 Å². The Hall–Kier alpha value is -3.48. The Balaban J connectivity index is 1.44. The van der Waals surface area contributed by atoms with E-state index >= 15 is 0 Å². The number of fused-ring (bicyclic) bond motifs is 1. The second-order valence-corrected chi connectivity index (χ2v) is 6.85. The van der Waals surface area contributed by atoms with E-state index in [2.05, 4.69) is 20.4 Å². The molecule has 2 N–H and O–H groups in total. The van der Waals surface area contributed by atoms with Gasteiger partial charge in [-0.15, -0.1) is 0 Å². The molecule has 1 heterocycles. The fraction of sp³-hybridized carbons (Fsp3) is 0.227. The molecule has 0 amide bonds. The van der Waals surface area contributed by atoms with E-state index in [1.807, 2.05) is 30.3 Å². The number of hydrogen-bond donors (Lipinski definition) is 2. The van der Waals surface area contributed by atoms with Crippen molar-refractivity contribution in [1.82, 2.24) is 9.97 Å². The molecule has 4 rings (SSSR count). The number of nitrogens with zero attached hydrogens (tertiary/aromatic N) is 3. The molecule has 0 aliphatic heterocycles. The van der Waals surface area contributed by atoms with Crippen molar-refractivity contribution in [3.8, 4) is 5.75 Å². The quantitative estimate of drug-likeness (QED) is 0.376. The van der Waals surface area contributed by atoms with Gasteiger partial charge in [0.05, 0.1) is 18.0 Å². The number of oxime groups is 1. The molecule has 1 atom stereocenters. The van der Waals surface area contributed by atoms with Gasteiger partial charge in [-0.05, 0) is 42.2 Å². The number of anilines is 1. The first kappa shape index (κ1) is 18.9. The van der Waals surface area contributed by atoms with Crippen LogP contribution in [0, 0.1) is 5.82 Å². The van der Waals surface area contributed by atoms with Gasteiger partial charge in [-0.1, -0.05) is 35.5 Å². The van der Waals surface area contributed by atoms with Crippen LogP contribution in [0.5, 0.6) is 5.75 Å². The molecule has 1 aliphatic carbocycles. The molecule has 3 aromatic rings. The van der Waals surface area contributed by atoms with E-state index in [1.165, 1.54) is 12.1 Å². The first-order valence-electron chi connectivity index (χ1n) is 9.47. The first-order valence-corrected chi connectivity index (χ1v) is 9.47. The molecule has 0 spiro atoms.